The van der Waals surface area contributed by atoms with Gasteiger partial charge in [0.1, 0.15) is 19.8 Å². The Morgan fingerprint density at radius 3 is 2.09 bits per heavy atom. The number of fused-ring (bicyclic) bond motifs is 3. The van der Waals surface area contributed by atoms with E-state index in [2.05, 4.69) is 41.8 Å². The molecule has 10 nitrogen and oxygen atoms in total. The Balaban J connectivity index is 1.37. The lowest BCUT2D eigenvalue weighted by atomic mass is 9.98. The summed E-state index contributed by atoms with van der Waals surface area (Å²) in [6, 6.07) is 15.7. The fourth-order valence-corrected chi connectivity index (χ4v) is 7.66. The summed E-state index contributed by atoms with van der Waals surface area (Å²) in [4.78, 5) is 36.1. The molecule has 1 aliphatic rings. The zero-order valence-corrected chi connectivity index (χ0v) is 34.9. The molecule has 12 heteroatoms. The van der Waals surface area contributed by atoms with Gasteiger partial charge in [-0.3, -0.25) is 4.79 Å². The first kappa shape index (κ1) is 45.8. The Bertz CT molecular complexity index is 1440. The summed E-state index contributed by atoms with van der Waals surface area (Å²) >= 11 is 5.20. The van der Waals surface area contributed by atoms with Gasteiger partial charge >= 0.3 is 12.8 Å². The maximum atomic E-state index is 12.9. The number of nitrogens with zero attached hydrogens (tertiary/aromatic N) is 1. The molecule has 0 bridgehead atoms. The number of likely N-dealkylation sites (N-methyl/N-ethyl adjacent to an activating group) is 1. The molecular weight excluding hydrogens is 722 g/mol. The number of aliphatic hydroxyl groups is 1. The second-order valence-corrected chi connectivity index (χ2v) is 18.2. The largest absolute Gasteiger partial charge is 0.449 e. The van der Waals surface area contributed by atoms with Crippen molar-refractivity contribution in [2.75, 3.05) is 54.1 Å². The van der Waals surface area contributed by atoms with Crippen molar-refractivity contribution in [2.45, 2.75) is 115 Å². The average molecular weight is 789 g/mol. The van der Waals surface area contributed by atoms with Crippen LogP contribution < -0.4 is 10.6 Å². The van der Waals surface area contributed by atoms with Gasteiger partial charge in [0, 0.05) is 18.9 Å². The molecule has 0 spiro atoms. The van der Waals surface area contributed by atoms with Crippen LogP contribution in [0.4, 0.5) is 4.79 Å². The number of allylic oxidation sites excluding steroid dienone is 1. The Morgan fingerprint density at radius 2 is 1.46 bits per heavy atom. The molecule has 4 N–H and O–H groups in total. The lowest BCUT2D eigenvalue weighted by Gasteiger charge is -2.26. The second kappa shape index (κ2) is 24.8. The average Bonchev–Trinajstić information content (AvgIpc) is 3.45. The van der Waals surface area contributed by atoms with E-state index in [4.69, 9.17) is 25.6 Å². The molecule has 0 aromatic heterocycles. The summed E-state index contributed by atoms with van der Waals surface area (Å²) in [6.07, 6.45) is 16.4. The zero-order valence-electron chi connectivity index (χ0n) is 33.2. The maximum absolute atomic E-state index is 12.9. The van der Waals surface area contributed by atoms with Gasteiger partial charge in [-0.15, -0.1) is 0 Å². The number of quaternary nitrogens is 1. The minimum absolute atomic E-state index is 0.00621. The number of unbranched alkanes of at least 4 members (excludes halogenated alkanes) is 11. The van der Waals surface area contributed by atoms with Crippen molar-refractivity contribution in [1.82, 2.24) is 10.6 Å². The van der Waals surface area contributed by atoms with E-state index in [9.17, 15) is 19.6 Å². The third-order valence-corrected chi connectivity index (χ3v) is 11.3. The number of carbonyl (C=O) groups excluding carboxylic acids is 2. The molecule has 2 amide bonds. The lowest BCUT2D eigenvalue weighted by molar-refractivity contribution is -0.870. The van der Waals surface area contributed by atoms with Gasteiger partial charge in [-0.1, -0.05) is 125 Å². The third-order valence-electron chi connectivity index (χ3n) is 9.69. The number of benzene rings is 2. The van der Waals surface area contributed by atoms with E-state index in [1.807, 2.05) is 51.5 Å². The smallest absolute Gasteiger partial charge is 0.407 e. The van der Waals surface area contributed by atoms with Crippen LogP contribution in [0.5, 0.6) is 0 Å². The topological polar surface area (TPSA) is 126 Å². The van der Waals surface area contributed by atoms with E-state index in [-0.39, 0.29) is 38.1 Å². The lowest BCUT2D eigenvalue weighted by Crippen LogP contribution is -2.45. The van der Waals surface area contributed by atoms with E-state index < -0.39 is 25.0 Å². The molecule has 0 aliphatic heterocycles. The highest BCUT2D eigenvalue weighted by molar-refractivity contribution is 8.07. The first-order valence-corrected chi connectivity index (χ1v) is 22.6. The van der Waals surface area contributed by atoms with Crippen LogP contribution in [-0.2, 0) is 30.4 Å². The number of nitrogens with one attached hydrogen (secondary N) is 2. The predicted octanol–water partition coefficient (Wildman–Crippen LogP) is 8.36. The zero-order chi connectivity index (χ0) is 39.2. The fourth-order valence-electron chi connectivity index (χ4n) is 6.52. The summed E-state index contributed by atoms with van der Waals surface area (Å²) < 4.78 is 17.3. The number of amides is 2. The first-order chi connectivity index (χ1) is 25.9. The van der Waals surface area contributed by atoms with E-state index in [0.29, 0.717) is 30.4 Å². The van der Waals surface area contributed by atoms with Crippen molar-refractivity contribution in [3.63, 3.8) is 0 Å². The van der Waals surface area contributed by atoms with Crippen molar-refractivity contribution in [3.05, 3.63) is 71.8 Å². The van der Waals surface area contributed by atoms with E-state index in [0.717, 1.165) is 25.7 Å². The van der Waals surface area contributed by atoms with Gasteiger partial charge in [-0.25, -0.2) is 4.79 Å². The molecule has 0 heterocycles. The Morgan fingerprint density at radius 1 is 0.870 bits per heavy atom. The fraction of sp³-hybridized carbons (Fsp3) is 0.619. The molecule has 1 unspecified atom stereocenters. The van der Waals surface area contributed by atoms with Gasteiger partial charge < -0.3 is 38.9 Å². The minimum Gasteiger partial charge on any atom is -0.449 e. The molecule has 54 heavy (non-hydrogen) atoms. The number of alkyl carbamates (subject to hydrolysis) is 1. The Labute approximate surface area is 329 Å². The molecule has 302 valence electrons. The number of hydrogen-bond acceptors (Lipinski definition) is 7. The molecule has 2 aromatic carbocycles. The quantitative estimate of drug-likeness (QED) is 0.0294. The summed E-state index contributed by atoms with van der Waals surface area (Å²) in [5.41, 5.74) is 4.70. The van der Waals surface area contributed by atoms with Crippen LogP contribution in [0.25, 0.3) is 11.1 Å². The minimum atomic E-state index is -3.56. The van der Waals surface area contributed by atoms with E-state index >= 15 is 0 Å². The summed E-state index contributed by atoms with van der Waals surface area (Å²) in [7, 11) is 6.03. The highest BCUT2D eigenvalue weighted by Crippen LogP contribution is 2.45. The van der Waals surface area contributed by atoms with E-state index in [1.165, 1.54) is 67.2 Å². The number of rotatable bonds is 28. The summed E-state index contributed by atoms with van der Waals surface area (Å²) in [6.45, 7) is 0.0485. The van der Waals surface area contributed by atoms with Gasteiger partial charge in [-0.2, -0.15) is 0 Å². The highest BCUT2D eigenvalue weighted by atomic mass is 32.5. The third kappa shape index (κ3) is 17.9. The van der Waals surface area contributed by atoms with E-state index in [1.54, 1.807) is 6.08 Å². The molecular formula is C42H67N3O7PS+. The van der Waals surface area contributed by atoms with Gasteiger partial charge in [0.25, 0.3) is 0 Å². The molecule has 1 aliphatic carbocycles. The van der Waals surface area contributed by atoms with Gasteiger partial charge in [-0.05, 0) is 59.7 Å². The number of carbonyl (C=O) groups is 2. The Kier molecular flexibility index (Phi) is 21.0. The monoisotopic (exact) mass is 788 g/mol. The molecule has 3 atom stereocenters. The maximum Gasteiger partial charge on any atom is 0.407 e. The molecule has 2 aromatic rings. The van der Waals surface area contributed by atoms with Crippen LogP contribution in [0.15, 0.2) is 60.7 Å². The number of aliphatic hydroxyl groups excluding tert-OH is 1. The predicted molar refractivity (Wildman–Crippen MR) is 222 cm³/mol. The normalized spacial score (nSPS) is 15.0. The van der Waals surface area contributed by atoms with Gasteiger partial charge in [0.15, 0.2) is 0 Å². The van der Waals surface area contributed by atoms with Crippen molar-refractivity contribution in [1.29, 1.82) is 0 Å². The molecule has 3 rings (SSSR count). The van der Waals surface area contributed by atoms with Crippen LogP contribution in [-0.4, -0.2) is 92.7 Å². The summed E-state index contributed by atoms with van der Waals surface area (Å²) in [5, 5.41) is 16.7. The van der Waals surface area contributed by atoms with Crippen LogP contribution in [0.3, 0.4) is 0 Å². The van der Waals surface area contributed by atoms with Crippen molar-refractivity contribution < 1.29 is 37.9 Å². The van der Waals surface area contributed by atoms with Crippen molar-refractivity contribution >= 4 is 30.5 Å². The first-order valence-electron chi connectivity index (χ1n) is 20.1. The van der Waals surface area contributed by atoms with Gasteiger partial charge in [0.05, 0.1) is 39.9 Å². The highest BCUT2D eigenvalue weighted by Gasteiger charge is 2.29. The summed E-state index contributed by atoms with van der Waals surface area (Å²) in [5.74, 6) is -0.233. The number of hydrogen-bond donors (Lipinski definition) is 4. The van der Waals surface area contributed by atoms with Crippen LogP contribution >= 0.6 is 6.72 Å². The van der Waals surface area contributed by atoms with Crippen LogP contribution in [0.2, 0.25) is 0 Å². The Hall–Kier alpha value is -2.63. The standard InChI is InChI=1S/C42H66N3O7PS/c1-5-6-7-8-9-10-11-12-13-14-16-27-40(46)39(33-52-53(49,54)51-31-30-45(2,3)4)44-41(47)28-17-15-22-29-43-42(48)50-32-38-36-25-20-18-23-34(36)35-24-19-21-26-37(35)38/h16,18-21,23-27,38-40,46H,5-15,17,22,28-33H2,1-4H3,(H2-,43,44,47,48,49,54)/p+1/b27-16+/t39-,40+,53?/m0/s1. The molecule has 0 saturated heterocycles. The molecule has 0 saturated carbocycles. The van der Waals surface area contributed by atoms with Crippen LogP contribution in [0.1, 0.15) is 114 Å². The SMILES string of the molecule is CCCCCCCCCCC/C=C/[C@@H](O)[C@H](COP(O)(=S)OCC[N+](C)(C)C)NC(=O)CCCCCNC(=O)OCC1c2ccccc2-c2ccccc21. The van der Waals surface area contributed by atoms with Crippen molar-refractivity contribution in [2.24, 2.45) is 0 Å². The van der Waals surface area contributed by atoms with Crippen LogP contribution in [0, 0.1) is 0 Å². The van der Waals surface area contributed by atoms with Gasteiger partial charge in [0.2, 0.25) is 5.91 Å². The number of ether oxygens (including phenoxy) is 1. The molecule has 0 fully saturated rings. The second-order valence-electron chi connectivity index (χ2n) is 15.4. The van der Waals surface area contributed by atoms with Crippen molar-refractivity contribution in [3.8, 4) is 11.1 Å². The molecule has 0 radical (unpaired) electrons.